The topological polar surface area (TPSA) is 46.3 Å². The molecule has 3 rings (SSSR count). The van der Waals surface area contributed by atoms with Crippen LogP contribution in [0.1, 0.15) is 28.7 Å². The minimum atomic E-state index is -0.873. The number of aliphatic hydroxyl groups excluding tert-OH is 1. The zero-order valence-corrected chi connectivity index (χ0v) is 12.0. The number of aryl methyl sites for hydroxylation is 2. The Morgan fingerprint density at radius 3 is 2.75 bits per heavy atom. The quantitative estimate of drug-likeness (QED) is 0.769. The van der Waals surface area contributed by atoms with Crippen LogP contribution >= 0.6 is 11.6 Å². The van der Waals surface area contributed by atoms with E-state index in [2.05, 4.69) is 4.98 Å². The van der Waals surface area contributed by atoms with Crippen LogP contribution in [0.4, 0.5) is 0 Å². The number of aliphatic hydroxyl groups is 1. The van der Waals surface area contributed by atoms with Crippen LogP contribution in [0.15, 0.2) is 40.9 Å². The van der Waals surface area contributed by atoms with Gasteiger partial charge in [0, 0.05) is 16.6 Å². The van der Waals surface area contributed by atoms with Crippen LogP contribution in [-0.4, -0.2) is 10.1 Å². The summed E-state index contributed by atoms with van der Waals surface area (Å²) >= 11 is 5.95. The van der Waals surface area contributed by atoms with Gasteiger partial charge in [-0.3, -0.25) is 4.98 Å². The van der Waals surface area contributed by atoms with Crippen LogP contribution in [0, 0.1) is 13.8 Å². The summed E-state index contributed by atoms with van der Waals surface area (Å²) in [7, 11) is 0. The fourth-order valence-electron chi connectivity index (χ4n) is 2.32. The molecule has 1 aromatic carbocycles. The third-order valence-electron chi connectivity index (χ3n) is 3.28. The van der Waals surface area contributed by atoms with Crippen molar-refractivity contribution >= 4 is 22.6 Å². The van der Waals surface area contributed by atoms with E-state index in [1.54, 1.807) is 24.4 Å². The Kier molecular flexibility index (Phi) is 3.24. The van der Waals surface area contributed by atoms with Gasteiger partial charge in [0.1, 0.15) is 11.3 Å². The Morgan fingerprint density at radius 1 is 1.20 bits per heavy atom. The van der Waals surface area contributed by atoms with Crippen molar-refractivity contribution in [1.82, 2.24) is 4.98 Å². The summed E-state index contributed by atoms with van der Waals surface area (Å²) in [6.45, 7) is 3.90. The van der Waals surface area contributed by atoms with Gasteiger partial charge in [-0.2, -0.15) is 0 Å². The molecule has 1 atom stereocenters. The fraction of sp³-hybridized carbons (Fsp3) is 0.188. The highest BCUT2D eigenvalue weighted by atomic mass is 35.5. The van der Waals surface area contributed by atoms with Gasteiger partial charge in [0.25, 0.3) is 0 Å². The zero-order valence-electron chi connectivity index (χ0n) is 11.2. The molecule has 0 fully saturated rings. The number of nitrogens with zero attached hydrogens (tertiary/aromatic N) is 1. The molecule has 1 N–H and O–H groups in total. The van der Waals surface area contributed by atoms with E-state index in [4.69, 9.17) is 16.0 Å². The standard InChI is InChI=1S/C16H14ClNO2/c1-9-5-10(2)15(18-8-9)16(19)14-7-11-6-12(17)3-4-13(11)20-14/h3-8,16,19H,1-2H3. The number of rotatable bonds is 2. The monoisotopic (exact) mass is 287 g/mol. The third-order valence-corrected chi connectivity index (χ3v) is 3.52. The number of pyridine rings is 1. The van der Waals surface area contributed by atoms with Crippen molar-refractivity contribution in [2.45, 2.75) is 20.0 Å². The van der Waals surface area contributed by atoms with Crippen molar-refractivity contribution in [2.75, 3.05) is 0 Å². The first kappa shape index (κ1) is 13.2. The molecule has 4 heteroatoms. The Labute approximate surface area is 121 Å². The lowest BCUT2D eigenvalue weighted by atomic mass is 10.1. The van der Waals surface area contributed by atoms with E-state index < -0.39 is 6.10 Å². The van der Waals surface area contributed by atoms with Gasteiger partial charge in [0.15, 0.2) is 6.10 Å². The number of halogens is 1. The molecule has 0 radical (unpaired) electrons. The Morgan fingerprint density at radius 2 is 2.00 bits per heavy atom. The molecule has 20 heavy (non-hydrogen) atoms. The van der Waals surface area contributed by atoms with E-state index in [1.165, 1.54) is 0 Å². The number of aromatic nitrogens is 1. The second-order valence-corrected chi connectivity index (χ2v) is 5.38. The van der Waals surface area contributed by atoms with Crippen LogP contribution in [0.5, 0.6) is 0 Å². The van der Waals surface area contributed by atoms with E-state index in [0.29, 0.717) is 22.1 Å². The number of hydrogen-bond acceptors (Lipinski definition) is 3. The Bertz CT molecular complexity index is 779. The smallest absolute Gasteiger partial charge is 0.154 e. The Hall–Kier alpha value is -1.84. The van der Waals surface area contributed by atoms with Crippen molar-refractivity contribution in [2.24, 2.45) is 0 Å². The van der Waals surface area contributed by atoms with Crippen LogP contribution in [0.3, 0.4) is 0 Å². The van der Waals surface area contributed by atoms with Crippen LogP contribution in [-0.2, 0) is 0 Å². The molecule has 1 unspecified atom stereocenters. The van der Waals surface area contributed by atoms with Gasteiger partial charge in [-0.25, -0.2) is 0 Å². The van der Waals surface area contributed by atoms with Crippen molar-refractivity contribution in [3.8, 4) is 0 Å². The second kappa shape index (κ2) is 4.93. The summed E-state index contributed by atoms with van der Waals surface area (Å²) in [5.74, 6) is 0.474. The van der Waals surface area contributed by atoms with Crippen LogP contribution < -0.4 is 0 Å². The van der Waals surface area contributed by atoms with Crippen molar-refractivity contribution in [1.29, 1.82) is 0 Å². The SMILES string of the molecule is Cc1cnc(C(O)c2cc3cc(Cl)ccc3o2)c(C)c1. The molecular formula is C16H14ClNO2. The minimum absolute atomic E-state index is 0.474. The van der Waals surface area contributed by atoms with E-state index in [1.807, 2.05) is 26.0 Å². The largest absolute Gasteiger partial charge is 0.458 e. The van der Waals surface area contributed by atoms with Crippen molar-refractivity contribution < 1.29 is 9.52 Å². The maximum atomic E-state index is 10.4. The molecule has 2 aromatic heterocycles. The predicted octanol–water partition coefficient (Wildman–Crippen LogP) is 4.18. The second-order valence-electron chi connectivity index (χ2n) is 4.95. The molecule has 0 saturated heterocycles. The highest BCUT2D eigenvalue weighted by Gasteiger charge is 2.19. The van der Waals surface area contributed by atoms with Gasteiger partial charge in [-0.05, 0) is 49.2 Å². The predicted molar refractivity (Wildman–Crippen MR) is 79.0 cm³/mol. The average Bonchev–Trinajstić information content (AvgIpc) is 2.81. The van der Waals surface area contributed by atoms with Gasteiger partial charge < -0.3 is 9.52 Å². The van der Waals surface area contributed by atoms with Gasteiger partial charge in [0.05, 0.1) is 5.69 Å². The highest BCUT2D eigenvalue weighted by Crippen LogP contribution is 2.30. The average molecular weight is 288 g/mol. The molecule has 0 aliphatic rings. The number of fused-ring (bicyclic) bond motifs is 1. The van der Waals surface area contributed by atoms with E-state index in [9.17, 15) is 5.11 Å². The van der Waals surface area contributed by atoms with E-state index >= 15 is 0 Å². The summed E-state index contributed by atoms with van der Waals surface area (Å²) in [4.78, 5) is 4.31. The van der Waals surface area contributed by atoms with Crippen molar-refractivity contribution in [3.05, 3.63) is 64.1 Å². The molecule has 0 bridgehead atoms. The first-order valence-corrected chi connectivity index (χ1v) is 6.72. The summed E-state index contributed by atoms with van der Waals surface area (Å²) in [5, 5.41) is 12.0. The Balaban J connectivity index is 2.05. The van der Waals surface area contributed by atoms with Gasteiger partial charge in [0.2, 0.25) is 0 Å². The molecule has 3 nitrogen and oxygen atoms in total. The lowest BCUT2D eigenvalue weighted by molar-refractivity contribution is 0.187. The fourth-order valence-corrected chi connectivity index (χ4v) is 2.50. The number of furan rings is 1. The zero-order chi connectivity index (χ0) is 14.3. The van der Waals surface area contributed by atoms with Gasteiger partial charge in [-0.1, -0.05) is 17.7 Å². The van der Waals surface area contributed by atoms with Gasteiger partial charge >= 0.3 is 0 Å². The third kappa shape index (κ3) is 2.30. The maximum absolute atomic E-state index is 10.4. The normalized spacial score (nSPS) is 12.8. The lowest BCUT2D eigenvalue weighted by Crippen LogP contribution is -2.04. The summed E-state index contributed by atoms with van der Waals surface area (Å²) in [5.41, 5.74) is 3.32. The first-order chi connectivity index (χ1) is 9.54. The lowest BCUT2D eigenvalue weighted by Gasteiger charge is -2.10. The first-order valence-electron chi connectivity index (χ1n) is 6.35. The van der Waals surface area contributed by atoms with E-state index in [-0.39, 0.29) is 0 Å². The van der Waals surface area contributed by atoms with Crippen LogP contribution in [0.2, 0.25) is 5.02 Å². The molecule has 0 spiro atoms. The molecule has 0 saturated carbocycles. The van der Waals surface area contributed by atoms with Gasteiger partial charge in [-0.15, -0.1) is 0 Å². The molecule has 2 heterocycles. The maximum Gasteiger partial charge on any atom is 0.154 e. The molecular weight excluding hydrogens is 274 g/mol. The summed E-state index contributed by atoms with van der Waals surface area (Å²) < 4.78 is 5.68. The van der Waals surface area contributed by atoms with E-state index in [0.717, 1.165) is 16.5 Å². The summed E-state index contributed by atoms with van der Waals surface area (Å²) in [6.07, 6.45) is 0.868. The van der Waals surface area contributed by atoms with Crippen LogP contribution in [0.25, 0.3) is 11.0 Å². The molecule has 3 aromatic rings. The molecule has 0 amide bonds. The van der Waals surface area contributed by atoms with Crippen molar-refractivity contribution in [3.63, 3.8) is 0 Å². The summed E-state index contributed by atoms with van der Waals surface area (Å²) in [6, 6.07) is 9.16. The number of hydrogen-bond donors (Lipinski definition) is 1. The molecule has 0 aliphatic heterocycles. The number of benzene rings is 1. The highest BCUT2D eigenvalue weighted by molar-refractivity contribution is 6.31. The molecule has 0 aliphatic carbocycles. The minimum Gasteiger partial charge on any atom is -0.458 e. The molecule has 102 valence electrons.